The number of aliphatic hydroxyl groups excluding tert-OH is 1. The number of anilines is 2. The van der Waals surface area contributed by atoms with Crippen LogP contribution in [0.4, 0.5) is 17.5 Å². The van der Waals surface area contributed by atoms with Gasteiger partial charge in [-0.25, -0.2) is 10.8 Å². The molecule has 0 atom stereocenters. The average molecular weight is 270 g/mol. The van der Waals surface area contributed by atoms with Crippen molar-refractivity contribution in [3.8, 4) is 0 Å². The molecule has 0 aliphatic rings. The van der Waals surface area contributed by atoms with Crippen LogP contribution in [0.15, 0.2) is 0 Å². The Kier molecular flexibility index (Phi) is 4.22. The Morgan fingerprint density at radius 1 is 1.53 bits per heavy atom. The van der Waals surface area contributed by atoms with Gasteiger partial charge in [-0.1, -0.05) is 0 Å². The first kappa shape index (κ1) is 15.1. The molecule has 0 spiro atoms. The Morgan fingerprint density at radius 3 is 2.53 bits per heavy atom. The Hall–Kier alpha value is -2.00. The molecule has 0 saturated heterocycles. The highest BCUT2D eigenvalue weighted by Gasteiger charge is 2.32. The first-order chi connectivity index (χ1) is 8.74. The van der Waals surface area contributed by atoms with Gasteiger partial charge in [-0.3, -0.25) is 15.5 Å². The number of nitro groups is 1. The van der Waals surface area contributed by atoms with Crippen LogP contribution in [0.2, 0.25) is 0 Å². The van der Waals surface area contributed by atoms with Crippen LogP contribution < -0.4 is 16.2 Å². The van der Waals surface area contributed by atoms with E-state index < -0.39 is 10.5 Å². The second-order valence-electron chi connectivity index (χ2n) is 4.74. The molecule has 1 aromatic heterocycles. The van der Waals surface area contributed by atoms with Gasteiger partial charge in [-0.05, 0) is 20.8 Å². The molecule has 0 radical (unpaired) electrons. The normalized spacial score (nSPS) is 11.3. The zero-order valence-corrected chi connectivity index (χ0v) is 11.3. The summed E-state index contributed by atoms with van der Waals surface area (Å²) in [5.41, 5.74) is 1.55. The highest BCUT2D eigenvalue weighted by atomic mass is 16.6. The van der Waals surface area contributed by atoms with Crippen molar-refractivity contribution < 1.29 is 10.0 Å². The van der Waals surface area contributed by atoms with Crippen molar-refractivity contribution in [1.29, 1.82) is 0 Å². The number of hydrazine groups is 1. The molecule has 0 aromatic carbocycles. The summed E-state index contributed by atoms with van der Waals surface area (Å²) in [6.07, 6.45) is 0. The maximum Gasteiger partial charge on any atom is 0.332 e. The van der Waals surface area contributed by atoms with E-state index >= 15 is 0 Å². The number of nitrogen functional groups attached to an aromatic ring is 1. The summed E-state index contributed by atoms with van der Waals surface area (Å²) in [5, 5.41) is 20.5. The number of aromatic nitrogens is 2. The molecule has 19 heavy (non-hydrogen) atoms. The van der Waals surface area contributed by atoms with E-state index in [1.165, 1.54) is 11.8 Å². The van der Waals surface area contributed by atoms with Crippen LogP contribution in [0.25, 0.3) is 0 Å². The Balaban J connectivity index is 3.47. The fourth-order valence-electron chi connectivity index (χ4n) is 1.46. The van der Waals surface area contributed by atoms with Crippen molar-refractivity contribution in [2.24, 2.45) is 5.84 Å². The molecule has 0 unspecified atom stereocenters. The molecular formula is C10H18N6O3. The molecule has 0 aliphatic heterocycles. The zero-order valence-electron chi connectivity index (χ0n) is 11.3. The Morgan fingerprint density at radius 2 is 2.11 bits per heavy atom. The lowest BCUT2D eigenvalue weighted by Crippen LogP contribution is -2.45. The van der Waals surface area contributed by atoms with Crippen molar-refractivity contribution >= 4 is 17.5 Å². The predicted molar refractivity (Wildman–Crippen MR) is 70.8 cm³/mol. The number of nitrogens with one attached hydrogen (secondary N) is 1. The second kappa shape index (κ2) is 5.33. The van der Waals surface area contributed by atoms with E-state index in [4.69, 9.17) is 5.84 Å². The molecule has 9 nitrogen and oxygen atoms in total. The van der Waals surface area contributed by atoms with Gasteiger partial charge >= 0.3 is 5.69 Å². The number of rotatable bonds is 5. The molecule has 0 fully saturated rings. The minimum atomic E-state index is -0.711. The lowest BCUT2D eigenvalue weighted by Gasteiger charge is -2.34. The topological polar surface area (TPSA) is 130 Å². The van der Waals surface area contributed by atoms with Gasteiger partial charge in [0.15, 0.2) is 0 Å². The van der Waals surface area contributed by atoms with Crippen LogP contribution in [0.3, 0.4) is 0 Å². The van der Waals surface area contributed by atoms with E-state index in [1.54, 1.807) is 20.9 Å². The molecule has 0 bridgehead atoms. The van der Waals surface area contributed by atoms with Gasteiger partial charge in [-0.15, -0.1) is 0 Å². The Labute approximate surface area is 110 Å². The molecule has 106 valence electrons. The van der Waals surface area contributed by atoms with Crippen molar-refractivity contribution in [2.75, 3.05) is 24.0 Å². The summed E-state index contributed by atoms with van der Waals surface area (Å²) in [5.74, 6) is 5.43. The molecule has 0 aliphatic carbocycles. The third kappa shape index (κ3) is 2.88. The van der Waals surface area contributed by atoms with E-state index in [-0.39, 0.29) is 29.8 Å². The fraction of sp³-hybridized carbons (Fsp3) is 0.600. The lowest BCUT2D eigenvalue weighted by molar-refractivity contribution is -0.385. The van der Waals surface area contributed by atoms with Gasteiger partial charge in [0.2, 0.25) is 11.8 Å². The number of aryl methyl sites for hydroxylation is 1. The summed E-state index contributed by atoms with van der Waals surface area (Å²) < 4.78 is 0. The van der Waals surface area contributed by atoms with Crippen LogP contribution in [0.5, 0.6) is 0 Å². The van der Waals surface area contributed by atoms with Gasteiger partial charge in [0.25, 0.3) is 0 Å². The third-order valence-electron chi connectivity index (χ3n) is 2.96. The zero-order chi connectivity index (χ0) is 14.8. The van der Waals surface area contributed by atoms with Crippen LogP contribution in [0, 0.1) is 17.0 Å². The smallest absolute Gasteiger partial charge is 0.332 e. The van der Waals surface area contributed by atoms with Crippen molar-refractivity contribution in [3.05, 3.63) is 15.8 Å². The molecule has 9 heteroatoms. The minimum Gasteiger partial charge on any atom is -0.394 e. The van der Waals surface area contributed by atoms with Crippen molar-refractivity contribution in [3.63, 3.8) is 0 Å². The number of likely N-dealkylation sites (N-methyl/N-ethyl adjacent to an activating group) is 1. The fourth-order valence-corrected chi connectivity index (χ4v) is 1.46. The molecule has 4 N–H and O–H groups in total. The van der Waals surface area contributed by atoms with Crippen LogP contribution in [-0.2, 0) is 0 Å². The predicted octanol–water partition coefficient (Wildman–Crippen LogP) is 0.186. The summed E-state index contributed by atoms with van der Waals surface area (Å²) in [7, 11) is 1.62. The maximum absolute atomic E-state index is 11.1. The summed E-state index contributed by atoms with van der Waals surface area (Å²) in [4.78, 5) is 20.0. The van der Waals surface area contributed by atoms with E-state index in [2.05, 4.69) is 15.4 Å². The van der Waals surface area contributed by atoms with Gasteiger partial charge in [0.1, 0.15) is 5.69 Å². The number of hydrogen-bond donors (Lipinski definition) is 3. The highest BCUT2D eigenvalue weighted by Crippen LogP contribution is 2.32. The van der Waals surface area contributed by atoms with E-state index in [0.29, 0.717) is 0 Å². The first-order valence-corrected chi connectivity index (χ1v) is 5.59. The van der Waals surface area contributed by atoms with E-state index in [1.807, 2.05) is 0 Å². The van der Waals surface area contributed by atoms with E-state index in [9.17, 15) is 15.2 Å². The van der Waals surface area contributed by atoms with Crippen LogP contribution in [-0.4, -0.2) is 39.2 Å². The quantitative estimate of drug-likeness (QED) is 0.392. The molecular weight excluding hydrogens is 252 g/mol. The maximum atomic E-state index is 11.1. The second-order valence-corrected chi connectivity index (χ2v) is 4.74. The van der Waals surface area contributed by atoms with Crippen LogP contribution in [0.1, 0.15) is 19.5 Å². The highest BCUT2D eigenvalue weighted by molar-refractivity contribution is 5.63. The standard InChI is InChI=1S/C10H18N6O3/c1-6-7(16(18)19)8(13-9(12-6)14-11)15(4)10(2,3)5-17/h17H,5,11H2,1-4H3,(H,12,13,14). The van der Waals surface area contributed by atoms with Gasteiger partial charge in [0, 0.05) is 7.05 Å². The Bertz CT molecular complexity index is 490. The lowest BCUT2D eigenvalue weighted by atomic mass is 10.1. The van der Waals surface area contributed by atoms with Crippen molar-refractivity contribution in [1.82, 2.24) is 9.97 Å². The third-order valence-corrected chi connectivity index (χ3v) is 2.96. The molecule has 1 rings (SSSR count). The number of nitrogens with zero attached hydrogens (tertiary/aromatic N) is 4. The van der Waals surface area contributed by atoms with Gasteiger partial charge < -0.3 is 10.0 Å². The molecule has 0 saturated carbocycles. The van der Waals surface area contributed by atoms with Gasteiger partial charge in [-0.2, -0.15) is 4.98 Å². The minimum absolute atomic E-state index is 0.0821. The summed E-state index contributed by atoms with van der Waals surface area (Å²) in [6.45, 7) is 4.80. The number of aliphatic hydroxyl groups is 1. The largest absolute Gasteiger partial charge is 0.394 e. The SMILES string of the molecule is Cc1nc(NN)nc(N(C)C(C)(C)CO)c1[N+](=O)[O-]. The molecule has 1 aromatic rings. The van der Waals surface area contributed by atoms with Crippen molar-refractivity contribution in [2.45, 2.75) is 26.3 Å². The summed E-state index contributed by atoms with van der Waals surface area (Å²) >= 11 is 0. The monoisotopic (exact) mass is 270 g/mol. The van der Waals surface area contributed by atoms with Gasteiger partial charge in [0.05, 0.1) is 17.1 Å². The molecule has 1 heterocycles. The number of hydrogen-bond acceptors (Lipinski definition) is 8. The first-order valence-electron chi connectivity index (χ1n) is 5.59. The average Bonchev–Trinajstić information content (AvgIpc) is 2.36. The van der Waals surface area contributed by atoms with E-state index in [0.717, 1.165) is 0 Å². The summed E-state index contributed by atoms with van der Waals surface area (Å²) in [6, 6.07) is 0. The van der Waals surface area contributed by atoms with Crippen LogP contribution >= 0.6 is 0 Å². The number of nitrogens with two attached hydrogens (primary N) is 1. The molecule has 0 amide bonds.